The lowest BCUT2D eigenvalue weighted by Crippen LogP contribution is -2.44. The number of primary sulfonamides is 1. The van der Waals surface area contributed by atoms with Crippen LogP contribution in [0.15, 0.2) is 46.1 Å². The number of aromatic nitrogens is 2. The Kier molecular flexibility index (Phi) is 6.77. The Morgan fingerprint density at radius 2 is 2.03 bits per heavy atom. The zero-order chi connectivity index (χ0) is 27.4. The van der Waals surface area contributed by atoms with E-state index in [1.807, 2.05) is 23.6 Å². The molecule has 3 aromatic rings. The maximum Gasteiger partial charge on any atom is 0.261 e. The van der Waals surface area contributed by atoms with Crippen molar-refractivity contribution < 1.29 is 17.9 Å². The first-order valence-corrected chi connectivity index (χ1v) is 15.2. The zero-order valence-corrected chi connectivity index (χ0v) is 23.4. The molecule has 0 spiro atoms. The van der Waals surface area contributed by atoms with Crippen LogP contribution in [-0.2, 0) is 37.9 Å². The second kappa shape index (κ2) is 9.99. The monoisotopic (exact) mass is 552 g/mol. The van der Waals surface area contributed by atoms with Gasteiger partial charge in [0.2, 0.25) is 10.0 Å². The standard InChI is InChI=1S/C29H36N4O5S/c1-19-13-24(39(30,35)36)5-3-21(19)8-10-33-27(34)25-6-4-22(32-11-12-38-23(17-32)18-37-2)14-26(25)31-28(33)29-9-7-20(15-29)16-29/h3-6,13-14,20,23H,7-12,15-18H2,1-2H3,(H2,30,35,36)/t20?,23-,29?/m1/s1. The van der Waals surface area contributed by atoms with Crippen LogP contribution < -0.4 is 15.6 Å². The highest BCUT2D eigenvalue weighted by Gasteiger charge is 2.53. The molecular weight excluding hydrogens is 516 g/mol. The van der Waals surface area contributed by atoms with E-state index in [4.69, 9.17) is 19.6 Å². The molecular formula is C29H36N4O5S. The average molecular weight is 553 g/mol. The van der Waals surface area contributed by atoms with Gasteiger partial charge < -0.3 is 14.4 Å². The van der Waals surface area contributed by atoms with E-state index in [0.717, 1.165) is 66.4 Å². The summed E-state index contributed by atoms with van der Waals surface area (Å²) >= 11 is 0. The van der Waals surface area contributed by atoms with Gasteiger partial charge in [-0.05, 0) is 86.4 Å². The van der Waals surface area contributed by atoms with Crippen LogP contribution in [0.25, 0.3) is 10.9 Å². The predicted octanol–water partition coefficient (Wildman–Crippen LogP) is 2.89. The lowest BCUT2D eigenvalue weighted by atomic mass is 9.69. The number of hydrogen-bond donors (Lipinski definition) is 1. The number of fused-ring (bicyclic) bond motifs is 2. The molecule has 1 atom stereocenters. The molecule has 9 nitrogen and oxygen atoms in total. The fourth-order valence-electron chi connectivity index (χ4n) is 6.85. The third-order valence-electron chi connectivity index (χ3n) is 8.91. The first kappa shape index (κ1) is 26.4. The molecule has 10 heteroatoms. The van der Waals surface area contributed by atoms with Gasteiger partial charge in [-0.15, -0.1) is 0 Å². The summed E-state index contributed by atoms with van der Waals surface area (Å²) in [5.41, 5.74) is 3.59. The SMILES string of the molecule is COC[C@H]1CN(c2ccc3c(=O)n(CCc4ccc(S(N)(=O)=O)cc4C)c(C45CCC(C4)C5)nc3c2)CCO1. The summed E-state index contributed by atoms with van der Waals surface area (Å²) in [6, 6.07) is 10.9. The number of rotatable bonds is 8. The predicted molar refractivity (Wildman–Crippen MR) is 150 cm³/mol. The van der Waals surface area contributed by atoms with Crippen LogP contribution in [0.4, 0.5) is 5.69 Å². The van der Waals surface area contributed by atoms with Gasteiger partial charge >= 0.3 is 0 Å². The van der Waals surface area contributed by atoms with Crippen molar-refractivity contribution in [3.8, 4) is 0 Å². The minimum Gasteiger partial charge on any atom is -0.382 e. The summed E-state index contributed by atoms with van der Waals surface area (Å²) in [6.45, 7) is 5.06. The van der Waals surface area contributed by atoms with Crippen LogP contribution in [0.1, 0.15) is 42.6 Å². The molecule has 4 aliphatic rings. The second-order valence-corrected chi connectivity index (χ2v) is 13.0. The minimum absolute atomic E-state index is 0.00989. The first-order chi connectivity index (χ1) is 18.7. The Morgan fingerprint density at radius 3 is 2.72 bits per heavy atom. The van der Waals surface area contributed by atoms with E-state index < -0.39 is 10.0 Å². The topological polar surface area (TPSA) is 117 Å². The molecule has 0 amide bonds. The Hall–Kier alpha value is -2.79. The zero-order valence-electron chi connectivity index (χ0n) is 22.6. The van der Waals surface area contributed by atoms with Crippen LogP contribution in [0, 0.1) is 12.8 Å². The molecule has 2 N–H and O–H groups in total. The van der Waals surface area contributed by atoms with E-state index in [-0.39, 0.29) is 22.0 Å². The number of morpholine rings is 1. The maximum atomic E-state index is 14.0. The highest BCUT2D eigenvalue weighted by molar-refractivity contribution is 7.89. The number of methoxy groups -OCH3 is 1. The van der Waals surface area contributed by atoms with Crippen molar-refractivity contribution in [2.75, 3.05) is 38.3 Å². The molecule has 1 saturated heterocycles. The third kappa shape index (κ3) is 4.88. The number of aryl methyl sites for hydroxylation is 2. The third-order valence-corrected chi connectivity index (χ3v) is 9.82. The van der Waals surface area contributed by atoms with E-state index in [9.17, 15) is 13.2 Å². The summed E-state index contributed by atoms with van der Waals surface area (Å²) in [5, 5.41) is 5.93. The van der Waals surface area contributed by atoms with Crippen molar-refractivity contribution in [2.24, 2.45) is 11.1 Å². The lowest BCUT2D eigenvalue weighted by Gasteiger charge is -2.39. The van der Waals surface area contributed by atoms with Crippen molar-refractivity contribution in [1.29, 1.82) is 0 Å². The number of nitrogens with two attached hydrogens (primary N) is 1. The van der Waals surface area contributed by atoms with Crippen molar-refractivity contribution in [1.82, 2.24) is 9.55 Å². The van der Waals surface area contributed by atoms with Gasteiger partial charge in [-0.3, -0.25) is 9.36 Å². The molecule has 1 aromatic heterocycles. The summed E-state index contributed by atoms with van der Waals surface area (Å²) in [5.74, 6) is 1.64. The second-order valence-electron chi connectivity index (χ2n) is 11.5. The number of anilines is 1. The summed E-state index contributed by atoms with van der Waals surface area (Å²) in [7, 11) is -2.08. The average Bonchev–Trinajstić information content (AvgIpc) is 3.51. The number of hydrogen-bond acceptors (Lipinski definition) is 7. The van der Waals surface area contributed by atoms with Crippen LogP contribution >= 0.6 is 0 Å². The van der Waals surface area contributed by atoms with Gasteiger partial charge in [-0.2, -0.15) is 0 Å². The van der Waals surface area contributed by atoms with E-state index in [1.54, 1.807) is 19.2 Å². The highest BCUT2D eigenvalue weighted by Crippen LogP contribution is 2.59. The largest absolute Gasteiger partial charge is 0.382 e. The molecule has 3 aliphatic carbocycles. The van der Waals surface area contributed by atoms with Crippen LogP contribution in [0.3, 0.4) is 0 Å². The van der Waals surface area contributed by atoms with Crippen molar-refractivity contribution >= 4 is 26.6 Å². The summed E-state index contributed by atoms with van der Waals surface area (Å²) in [6.07, 6.45) is 5.06. The van der Waals surface area contributed by atoms with Crippen molar-refractivity contribution in [3.63, 3.8) is 0 Å². The fourth-order valence-corrected chi connectivity index (χ4v) is 7.44. The van der Waals surface area contributed by atoms with Gasteiger partial charge in [-0.1, -0.05) is 6.07 Å². The quantitative estimate of drug-likeness (QED) is 0.457. The lowest BCUT2D eigenvalue weighted by molar-refractivity contribution is -0.0100. The van der Waals surface area contributed by atoms with Gasteiger partial charge in [0.1, 0.15) is 5.82 Å². The van der Waals surface area contributed by atoms with Gasteiger partial charge in [0.25, 0.3) is 5.56 Å². The first-order valence-electron chi connectivity index (χ1n) is 13.7. The van der Waals surface area contributed by atoms with Gasteiger partial charge in [0.05, 0.1) is 35.1 Å². The van der Waals surface area contributed by atoms with E-state index >= 15 is 0 Å². The van der Waals surface area contributed by atoms with Crippen molar-refractivity contribution in [3.05, 3.63) is 63.7 Å². The number of sulfonamides is 1. The minimum atomic E-state index is -3.76. The molecule has 208 valence electrons. The normalized spacial score (nSPS) is 24.7. The highest BCUT2D eigenvalue weighted by atomic mass is 32.2. The van der Waals surface area contributed by atoms with Crippen LogP contribution in [0.2, 0.25) is 0 Å². The molecule has 2 aromatic carbocycles. The van der Waals surface area contributed by atoms with Crippen molar-refractivity contribution in [2.45, 2.75) is 62.0 Å². The Bertz CT molecular complexity index is 1570. The summed E-state index contributed by atoms with van der Waals surface area (Å²) < 4.78 is 36.5. The maximum absolute atomic E-state index is 14.0. The molecule has 2 heterocycles. The number of ether oxygens (including phenoxy) is 2. The smallest absolute Gasteiger partial charge is 0.261 e. The number of benzene rings is 2. The van der Waals surface area contributed by atoms with Gasteiger partial charge in [-0.25, -0.2) is 18.5 Å². The van der Waals surface area contributed by atoms with E-state index in [1.165, 1.54) is 12.5 Å². The molecule has 2 bridgehead atoms. The Balaban J connectivity index is 1.35. The molecule has 7 rings (SSSR count). The molecule has 3 saturated carbocycles. The van der Waals surface area contributed by atoms with Gasteiger partial charge in [0, 0.05) is 37.8 Å². The Labute approximate surface area is 229 Å². The summed E-state index contributed by atoms with van der Waals surface area (Å²) in [4.78, 5) is 21.5. The molecule has 0 radical (unpaired) electrons. The molecule has 1 aliphatic heterocycles. The number of nitrogens with zero attached hydrogens (tertiary/aromatic N) is 3. The molecule has 39 heavy (non-hydrogen) atoms. The van der Waals surface area contributed by atoms with Crippen LogP contribution in [0.5, 0.6) is 0 Å². The van der Waals surface area contributed by atoms with Crippen LogP contribution in [-0.4, -0.2) is 57.5 Å². The Morgan fingerprint density at radius 1 is 1.21 bits per heavy atom. The fraction of sp³-hybridized carbons (Fsp3) is 0.517. The molecule has 4 fully saturated rings. The molecule has 0 unspecified atom stereocenters. The van der Waals surface area contributed by atoms with E-state index in [0.29, 0.717) is 31.6 Å². The van der Waals surface area contributed by atoms with Gasteiger partial charge in [0.15, 0.2) is 0 Å². The van der Waals surface area contributed by atoms with E-state index in [2.05, 4.69) is 11.0 Å².